The molecule has 0 spiro atoms. The van der Waals surface area contributed by atoms with Gasteiger partial charge in [0.05, 0.1) is 6.10 Å². The molecule has 0 heterocycles. The fourth-order valence-electron chi connectivity index (χ4n) is 8.76. The number of rotatable bonds is 6. The van der Waals surface area contributed by atoms with Gasteiger partial charge in [-0.1, -0.05) is 59.5 Å². The summed E-state index contributed by atoms with van der Waals surface area (Å²) in [6.45, 7) is 12.4. The van der Waals surface area contributed by atoms with E-state index < -0.39 is 0 Å². The van der Waals surface area contributed by atoms with Crippen LogP contribution in [0.1, 0.15) is 98.8 Å². The van der Waals surface area contributed by atoms with E-state index in [1.54, 1.807) is 0 Å². The Kier molecular flexibility index (Phi) is 6.30. The molecule has 0 aromatic carbocycles. The highest BCUT2D eigenvalue weighted by Gasteiger charge is 2.61. The number of methoxy groups -OCH3 is 1. The maximum absolute atomic E-state index is 12.2. The van der Waals surface area contributed by atoms with Gasteiger partial charge in [-0.05, 0) is 90.9 Å². The minimum absolute atomic E-state index is 0.232. The van der Waals surface area contributed by atoms with E-state index in [-0.39, 0.29) is 5.41 Å². The Hall–Kier alpha value is -0.630. The first-order valence-corrected chi connectivity index (χ1v) is 13.0. The highest BCUT2D eigenvalue weighted by Crippen LogP contribution is 2.68. The first-order chi connectivity index (χ1) is 14.2. The zero-order valence-corrected chi connectivity index (χ0v) is 20.5. The van der Waals surface area contributed by atoms with Crippen LogP contribution < -0.4 is 0 Å². The molecule has 3 saturated carbocycles. The van der Waals surface area contributed by atoms with Gasteiger partial charge in [-0.2, -0.15) is 0 Å². The van der Waals surface area contributed by atoms with Crippen molar-refractivity contribution >= 4 is 5.78 Å². The molecule has 0 amide bonds. The number of fused-ring (bicyclic) bond motifs is 5. The average Bonchev–Trinajstić information content (AvgIpc) is 3.05. The van der Waals surface area contributed by atoms with Crippen LogP contribution in [0.5, 0.6) is 0 Å². The Balaban J connectivity index is 1.56. The highest BCUT2D eigenvalue weighted by molar-refractivity contribution is 5.91. The maximum atomic E-state index is 12.2. The summed E-state index contributed by atoms with van der Waals surface area (Å²) in [4.78, 5) is 12.2. The van der Waals surface area contributed by atoms with E-state index in [1.807, 2.05) is 13.2 Å². The van der Waals surface area contributed by atoms with Gasteiger partial charge in [0.1, 0.15) is 0 Å². The SMILES string of the molecule is CO[C@@H]1CC2=CC(=O)CC[C@]2(C)[C@@H]2CC[C@@]3(C)[C@H](CC[C@H]3[C@H](C)CCCC(C)C)[C@H]21. The summed E-state index contributed by atoms with van der Waals surface area (Å²) < 4.78 is 6.18. The number of carbonyl (C=O) groups is 1. The first-order valence-electron chi connectivity index (χ1n) is 13.0. The lowest BCUT2D eigenvalue weighted by Gasteiger charge is -2.60. The van der Waals surface area contributed by atoms with E-state index >= 15 is 0 Å². The van der Waals surface area contributed by atoms with Gasteiger partial charge in [0.2, 0.25) is 0 Å². The molecule has 8 atom stereocenters. The third-order valence-corrected chi connectivity index (χ3v) is 10.5. The minimum Gasteiger partial charge on any atom is -0.381 e. The lowest BCUT2D eigenvalue weighted by Crippen LogP contribution is -2.56. The smallest absolute Gasteiger partial charge is 0.155 e. The summed E-state index contributed by atoms with van der Waals surface area (Å²) in [5, 5.41) is 0. The van der Waals surface area contributed by atoms with Crippen LogP contribution in [-0.2, 0) is 9.53 Å². The molecule has 2 heteroatoms. The van der Waals surface area contributed by atoms with Crippen LogP contribution in [0, 0.1) is 46.3 Å². The second-order valence-corrected chi connectivity index (χ2v) is 12.4. The van der Waals surface area contributed by atoms with E-state index in [9.17, 15) is 4.79 Å². The lowest BCUT2D eigenvalue weighted by molar-refractivity contribution is -0.130. The normalized spacial score (nSPS) is 44.3. The number of hydrogen-bond donors (Lipinski definition) is 0. The summed E-state index contributed by atoms with van der Waals surface area (Å²) in [6, 6.07) is 0. The van der Waals surface area contributed by atoms with E-state index in [2.05, 4.69) is 34.6 Å². The van der Waals surface area contributed by atoms with Crippen molar-refractivity contribution in [2.75, 3.05) is 7.11 Å². The molecule has 4 rings (SSSR count). The topological polar surface area (TPSA) is 26.3 Å². The molecular weight excluding hydrogens is 368 g/mol. The predicted molar refractivity (Wildman–Crippen MR) is 124 cm³/mol. The molecule has 30 heavy (non-hydrogen) atoms. The van der Waals surface area contributed by atoms with E-state index in [0.29, 0.717) is 29.1 Å². The number of carbonyl (C=O) groups excluding carboxylic acids is 1. The fourth-order valence-corrected chi connectivity index (χ4v) is 8.76. The second kappa shape index (κ2) is 8.38. The zero-order chi connectivity index (χ0) is 21.7. The molecule has 4 aliphatic carbocycles. The molecule has 0 saturated heterocycles. The molecule has 3 fully saturated rings. The van der Waals surface area contributed by atoms with Crippen molar-refractivity contribution in [2.24, 2.45) is 46.3 Å². The number of ether oxygens (including phenoxy) is 1. The van der Waals surface area contributed by atoms with Crippen molar-refractivity contribution < 1.29 is 9.53 Å². The number of ketones is 1. The molecule has 0 radical (unpaired) electrons. The van der Waals surface area contributed by atoms with E-state index in [0.717, 1.165) is 42.9 Å². The first kappa shape index (κ1) is 22.6. The standard InChI is InChI=1S/C28H46O2/c1-18(2)8-7-9-19(3)22-10-11-23-26-24(13-15-28(22,23)5)27(4)14-12-21(29)16-20(27)17-25(26)30-6/h16,18-19,22-26H,7-15,17H2,1-6H3/t19-,22+,23-,24-,25-,26-,27+,28-/m1/s1. The molecule has 0 unspecified atom stereocenters. The summed E-state index contributed by atoms with van der Waals surface area (Å²) >= 11 is 0. The Labute approximate surface area is 185 Å². The lowest BCUT2D eigenvalue weighted by atomic mass is 9.45. The molecular formula is C28H46O2. The average molecular weight is 415 g/mol. The van der Waals surface area contributed by atoms with Crippen LogP contribution in [0.15, 0.2) is 11.6 Å². The van der Waals surface area contributed by atoms with Gasteiger partial charge in [-0.3, -0.25) is 4.79 Å². The van der Waals surface area contributed by atoms with Gasteiger partial charge < -0.3 is 4.74 Å². The second-order valence-electron chi connectivity index (χ2n) is 12.4. The van der Waals surface area contributed by atoms with Crippen molar-refractivity contribution in [3.05, 3.63) is 11.6 Å². The van der Waals surface area contributed by atoms with Crippen molar-refractivity contribution in [2.45, 2.75) is 105 Å². The molecule has 2 nitrogen and oxygen atoms in total. The Morgan fingerprint density at radius 1 is 1.07 bits per heavy atom. The van der Waals surface area contributed by atoms with Crippen molar-refractivity contribution in [3.8, 4) is 0 Å². The molecule has 0 aliphatic heterocycles. The van der Waals surface area contributed by atoms with Gasteiger partial charge in [-0.15, -0.1) is 0 Å². The third-order valence-electron chi connectivity index (χ3n) is 10.5. The van der Waals surface area contributed by atoms with Gasteiger partial charge in [0, 0.05) is 13.5 Å². The summed E-state index contributed by atoms with van der Waals surface area (Å²) in [7, 11) is 1.92. The summed E-state index contributed by atoms with van der Waals surface area (Å²) in [6.07, 6.45) is 14.8. The highest BCUT2D eigenvalue weighted by atomic mass is 16.5. The molecule has 170 valence electrons. The molecule has 0 aromatic rings. The van der Waals surface area contributed by atoms with Gasteiger partial charge in [0.15, 0.2) is 5.78 Å². The Morgan fingerprint density at radius 2 is 1.83 bits per heavy atom. The number of hydrogen-bond acceptors (Lipinski definition) is 2. The van der Waals surface area contributed by atoms with Crippen LogP contribution in [0.2, 0.25) is 0 Å². The van der Waals surface area contributed by atoms with E-state index in [1.165, 1.54) is 50.5 Å². The van der Waals surface area contributed by atoms with Crippen LogP contribution in [0.25, 0.3) is 0 Å². The Morgan fingerprint density at radius 3 is 2.53 bits per heavy atom. The van der Waals surface area contributed by atoms with E-state index in [4.69, 9.17) is 4.74 Å². The van der Waals surface area contributed by atoms with Crippen LogP contribution in [0.4, 0.5) is 0 Å². The van der Waals surface area contributed by atoms with Crippen molar-refractivity contribution in [3.63, 3.8) is 0 Å². The minimum atomic E-state index is 0.232. The summed E-state index contributed by atoms with van der Waals surface area (Å²) in [5.74, 6) is 5.07. The molecule has 0 N–H and O–H groups in total. The van der Waals surface area contributed by atoms with Crippen molar-refractivity contribution in [1.82, 2.24) is 0 Å². The largest absolute Gasteiger partial charge is 0.381 e. The quantitative estimate of drug-likeness (QED) is 0.458. The van der Waals surface area contributed by atoms with Gasteiger partial charge in [-0.25, -0.2) is 0 Å². The van der Waals surface area contributed by atoms with Crippen LogP contribution in [-0.4, -0.2) is 19.0 Å². The summed E-state index contributed by atoms with van der Waals surface area (Å²) in [5.41, 5.74) is 2.12. The maximum Gasteiger partial charge on any atom is 0.155 e. The van der Waals surface area contributed by atoms with Gasteiger partial charge in [0.25, 0.3) is 0 Å². The molecule has 0 aromatic heterocycles. The predicted octanol–water partition coefficient (Wildman–Crippen LogP) is 7.22. The zero-order valence-electron chi connectivity index (χ0n) is 20.5. The van der Waals surface area contributed by atoms with Gasteiger partial charge >= 0.3 is 0 Å². The monoisotopic (exact) mass is 414 g/mol. The van der Waals surface area contributed by atoms with Crippen LogP contribution in [0.3, 0.4) is 0 Å². The van der Waals surface area contributed by atoms with Crippen molar-refractivity contribution in [1.29, 1.82) is 0 Å². The fraction of sp³-hybridized carbons (Fsp3) is 0.893. The molecule has 4 aliphatic rings. The van der Waals surface area contributed by atoms with Crippen LogP contribution >= 0.6 is 0 Å². The Bertz CT molecular complexity index is 678. The third kappa shape index (κ3) is 3.63. The molecule has 0 bridgehead atoms.